The summed E-state index contributed by atoms with van der Waals surface area (Å²) < 4.78 is 21.8. The van der Waals surface area contributed by atoms with Crippen molar-refractivity contribution in [3.63, 3.8) is 0 Å². The van der Waals surface area contributed by atoms with Crippen molar-refractivity contribution in [1.82, 2.24) is 4.98 Å². The largest absolute Gasteiger partial charge is 0.493 e. The lowest BCUT2D eigenvalue weighted by Gasteiger charge is -2.13. The number of anilines is 1. The fourth-order valence-corrected chi connectivity index (χ4v) is 3.40. The van der Waals surface area contributed by atoms with Gasteiger partial charge in [0.25, 0.3) is 0 Å². The molecule has 0 bridgehead atoms. The fourth-order valence-electron chi connectivity index (χ4n) is 2.73. The number of ether oxygens (including phenoxy) is 4. The van der Waals surface area contributed by atoms with Gasteiger partial charge in [-0.25, -0.2) is 4.98 Å². The summed E-state index contributed by atoms with van der Waals surface area (Å²) in [5, 5.41) is 6.93. The molecule has 30 heavy (non-hydrogen) atoms. The zero-order valence-electron chi connectivity index (χ0n) is 17.6. The van der Waals surface area contributed by atoms with E-state index in [1.165, 1.54) is 11.3 Å². The number of hydrazone groups is 1. The van der Waals surface area contributed by atoms with Gasteiger partial charge in [0.05, 0.1) is 39.3 Å². The summed E-state index contributed by atoms with van der Waals surface area (Å²) in [5.74, 6) is 2.71. The third-order valence-corrected chi connectivity index (χ3v) is 4.85. The Morgan fingerprint density at radius 1 is 0.933 bits per heavy atom. The quantitative estimate of drug-likeness (QED) is 0.380. The summed E-state index contributed by atoms with van der Waals surface area (Å²) in [4.78, 5) is 4.58. The van der Waals surface area contributed by atoms with Crippen molar-refractivity contribution in [2.24, 2.45) is 5.10 Å². The molecule has 3 aromatic rings. The van der Waals surface area contributed by atoms with Crippen LogP contribution in [0.1, 0.15) is 19.4 Å². The Morgan fingerprint density at radius 3 is 2.33 bits per heavy atom. The van der Waals surface area contributed by atoms with Crippen molar-refractivity contribution in [2.75, 3.05) is 26.8 Å². The van der Waals surface area contributed by atoms with Crippen molar-refractivity contribution in [2.45, 2.75) is 20.0 Å². The molecule has 158 valence electrons. The molecule has 0 atom stereocenters. The molecule has 0 aliphatic carbocycles. The van der Waals surface area contributed by atoms with Crippen LogP contribution in [0.15, 0.2) is 46.9 Å². The molecule has 1 heterocycles. The number of methoxy groups -OCH3 is 3. The summed E-state index contributed by atoms with van der Waals surface area (Å²) in [6.07, 6.45) is 1.76. The van der Waals surface area contributed by atoms with Crippen LogP contribution in [0, 0.1) is 0 Å². The molecule has 3 rings (SSSR count). The molecule has 2 aromatic carbocycles. The highest BCUT2D eigenvalue weighted by Gasteiger charge is 2.10. The van der Waals surface area contributed by atoms with Crippen LogP contribution in [0.5, 0.6) is 23.0 Å². The maximum atomic E-state index is 5.79. The lowest BCUT2D eigenvalue weighted by molar-refractivity contribution is 0.230. The molecule has 0 radical (unpaired) electrons. The van der Waals surface area contributed by atoms with Gasteiger partial charge in [0.15, 0.2) is 23.0 Å². The molecule has 0 aliphatic heterocycles. The lowest BCUT2D eigenvalue weighted by atomic mass is 10.1. The molecule has 1 N–H and O–H groups in total. The van der Waals surface area contributed by atoms with Crippen LogP contribution in [0.4, 0.5) is 5.13 Å². The van der Waals surface area contributed by atoms with E-state index in [9.17, 15) is 0 Å². The van der Waals surface area contributed by atoms with E-state index < -0.39 is 0 Å². The molecule has 0 aliphatic rings. The SMILES string of the molecule is COc1ccc(-c2csc(N/N=C\c3ccc(OC)c(OC(C)C)c3)n2)cc1OC. The Labute approximate surface area is 180 Å². The second-order valence-corrected chi connectivity index (χ2v) is 7.41. The van der Waals surface area contributed by atoms with Gasteiger partial charge in [0, 0.05) is 10.9 Å². The number of nitrogens with zero attached hydrogens (tertiary/aromatic N) is 2. The van der Waals surface area contributed by atoms with Crippen LogP contribution in [-0.2, 0) is 0 Å². The third-order valence-electron chi connectivity index (χ3n) is 4.11. The maximum absolute atomic E-state index is 5.79. The molecule has 7 nitrogen and oxygen atoms in total. The first-order chi connectivity index (χ1) is 14.5. The highest BCUT2D eigenvalue weighted by atomic mass is 32.1. The van der Waals surface area contributed by atoms with Crippen LogP contribution in [-0.4, -0.2) is 38.6 Å². The molecule has 0 unspecified atom stereocenters. The summed E-state index contributed by atoms with van der Waals surface area (Å²) in [6.45, 7) is 3.94. The van der Waals surface area contributed by atoms with E-state index in [-0.39, 0.29) is 6.10 Å². The second-order valence-electron chi connectivity index (χ2n) is 6.55. The fraction of sp³-hybridized carbons (Fsp3) is 0.273. The van der Waals surface area contributed by atoms with E-state index in [4.69, 9.17) is 18.9 Å². The molecule has 0 spiro atoms. The van der Waals surface area contributed by atoms with Gasteiger partial charge in [-0.2, -0.15) is 5.10 Å². The normalized spacial score (nSPS) is 11.0. The molecule has 0 fully saturated rings. The summed E-state index contributed by atoms with van der Waals surface area (Å²) in [7, 11) is 4.85. The Bertz CT molecular complexity index is 1020. The van der Waals surface area contributed by atoms with Crippen molar-refractivity contribution < 1.29 is 18.9 Å². The van der Waals surface area contributed by atoms with Crippen molar-refractivity contribution in [3.05, 3.63) is 47.3 Å². The van der Waals surface area contributed by atoms with Crippen LogP contribution in [0.2, 0.25) is 0 Å². The Hall–Kier alpha value is -3.26. The van der Waals surface area contributed by atoms with Gasteiger partial charge in [-0.15, -0.1) is 11.3 Å². The number of hydrogen-bond acceptors (Lipinski definition) is 8. The zero-order valence-corrected chi connectivity index (χ0v) is 18.4. The first-order valence-corrected chi connectivity index (χ1v) is 10.2. The molecule has 8 heteroatoms. The predicted molar refractivity (Wildman–Crippen MR) is 121 cm³/mol. The van der Waals surface area contributed by atoms with Crippen molar-refractivity contribution in [1.29, 1.82) is 0 Å². The Kier molecular flexibility index (Phi) is 7.13. The number of rotatable bonds is 9. The van der Waals surface area contributed by atoms with Gasteiger partial charge >= 0.3 is 0 Å². The first-order valence-electron chi connectivity index (χ1n) is 9.35. The highest BCUT2D eigenvalue weighted by Crippen LogP contribution is 2.33. The maximum Gasteiger partial charge on any atom is 0.203 e. The highest BCUT2D eigenvalue weighted by molar-refractivity contribution is 7.14. The lowest BCUT2D eigenvalue weighted by Crippen LogP contribution is -2.07. The standard InChI is InChI=1S/C22H25N3O4S/c1-14(2)29-21-10-15(6-8-19(21)27-4)12-23-25-22-24-17(13-30-22)16-7-9-18(26-3)20(11-16)28-5/h6-14H,1-5H3,(H,24,25)/b23-12-. The zero-order chi connectivity index (χ0) is 21.5. The molecular weight excluding hydrogens is 402 g/mol. The summed E-state index contributed by atoms with van der Waals surface area (Å²) >= 11 is 1.47. The smallest absolute Gasteiger partial charge is 0.203 e. The number of thiazole rings is 1. The van der Waals surface area contributed by atoms with Crippen LogP contribution in [0.25, 0.3) is 11.3 Å². The summed E-state index contributed by atoms with van der Waals surface area (Å²) in [5.41, 5.74) is 5.62. The van der Waals surface area contributed by atoms with E-state index >= 15 is 0 Å². The van der Waals surface area contributed by atoms with E-state index in [1.807, 2.05) is 55.6 Å². The van der Waals surface area contributed by atoms with Gasteiger partial charge in [0.2, 0.25) is 5.13 Å². The topological polar surface area (TPSA) is 74.2 Å². The molecule has 0 saturated carbocycles. The number of nitrogens with one attached hydrogen (secondary N) is 1. The minimum absolute atomic E-state index is 0.0505. The molecule has 1 aromatic heterocycles. The van der Waals surface area contributed by atoms with Crippen LogP contribution in [0.3, 0.4) is 0 Å². The van der Waals surface area contributed by atoms with E-state index in [2.05, 4.69) is 15.5 Å². The van der Waals surface area contributed by atoms with Gasteiger partial charge in [-0.05, 0) is 55.8 Å². The predicted octanol–water partition coefficient (Wildman–Crippen LogP) is 5.07. The van der Waals surface area contributed by atoms with Crippen LogP contribution >= 0.6 is 11.3 Å². The van der Waals surface area contributed by atoms with Gasteiger partial charge in [-0.1, -0.05) is 0 Å². The molecule has 0 amide bonds. The average molecular weight is 428 g/mol. The van der Waals surface area contributed by atoms with Gasteiger partial charge in [0.1, 0.15) is 0 Å². The first kappa shape index (κ1) is 21.4. The minimum Gasteiger partial charge on any atom is -0.493 e. The van der Waals surface area contributed by atoms with E-state index in [0.717, 1.165) is 16.8 Å². The van der Waals surface area contributed by atoms with Gasteiger partial charge in [-0.3, -0.25) is 5.43 Å². The van der Waals surface area contributed by atoms with E-state index in [0.29, 0.717) is 28.1 Å². The Morgan fingerprint density at radius 2 is 1.63 bits per heavy atom. The average Bonchev–Trinajstić information content (AvgIpc) is 3.22. The number of hydrogen-bond donors (Lipinski definition) is 1. The Balaban J connectivity index is 1.70. The van der Waals surface area contributed by atoms with Crippen molar-refractivity contribution >= 4 is 22.7 Å². The van der Waals surface area contributed by atoms with Crippen LogP contribution < -0.4 is 24.4 Å². The second kappa shape index (κ2) is 9.98. The van der Waals surface area contributed by atoms with Crippen molar-refractivity contribution in [3.8, 4) is 34.3 Å². The number of benzene rings is 2. The summed E-state index contributed by atoms with van der Waals surface area (Å²) in [6, 6.07) is 11.4. The molecule has 0 saturated heterocycles. The monoisotopic (exact) mass is 427 g/mol. The molecular formula is C22H25N3O4S. The van der Waals surface area contributed by atoms with Gasteiger partial charge < -0.3 is 18.9 Å². The third kappa shape index (κ3) is 5.21. The van der Waals surface area contributed by atoms with E-state index in [1.54, 1.807) is 27.5 Å². The number of aromatic nitrogens is 1. The minimum atomic E-state index is 0.0505.